The summed E-state index contributed by atoms with van der Waals surface area (Å²) in [6, 6.07) is 1.29. The third-order valence-corrected chi connectivity index (χ3v) is 4.16. The van der Waals surface area contributed by atoms with E-state index in [2.05, 4.69) is 25.0 Å². The lowest BCUT2D eigenvalue weighted by Crippen LogP contribution is -2.35. The summed E-state index contributed by atoms with van der Waals surface area (Å²) in [4.78, 5) is 31.3. The third-order valence-electron chi connectivity index (χ3n) is 3.44. The van der Waals surface area contributed by atoms with Gasteiger partial charge in [0.2, 0.25) is 5.91 Å². The van der Waals surface area contributed by atoms with Gasteiger partial charge in [-0.05, 0) is 29.9 Å². The maximum Gasteiger partial charge on any atom is 0.271 e. The van der Waals surface area contributed by atoms with E-state index in [1.54, 1.807) is 0 Å². The number of hydrogen-bond donors (Lipinski definition) is 4. The van der Waals surface area contributed by atoms with Crippen molar-refractivity contribution in [3.05, 3.63) is 23.7 Å². The van der Waals surface area contributed by atoms with Gasteiger partial charge in [0.05, 0.1) is 11.9 Å². The summed E-state index contributed by atoms with van der Waals surface area (Å²) >= 11 is 1.25. The summed E-state index contributed by atoms with van der Waals surface area (Å²) in [5.41, 5.74) is 11.6. The van der Waals surface area contributed by atoms with Gasteiger partial charge >= 0.3 is 0 Å². The van der Waals surface area contributed by atoms with Gasteiger partial charge in [0.1, 0.15) is 16.9 Å². The Hall–Kier alpha value is -2.75. The van der Waals surface area contributed by atoms with Crippen molar-refractivity contribution in [2.24, 2.45) is 11.5 Å². The molecule has 0 radical (unpaired) electrons. The first-order valence-corrected chi connectivity index (χ1v) is 8.55. The molecule has 9 nitrogen and oxygen atoms in total. The molecular weight excluding hydrogens is 342 g/mol. The van der Waals surface area contributed by atoms with Crippen LogP contribution in [0, 0.1) is 0 Å². The molecule has 10 heteroatoms. The fraction of sp³-hybridized carbons (Fsp3) is 0.400. The fourth-order valence-electron chi connectivity index (χ4n) is 2.02. The number of rotatable bonds is 8. The van der Waals surface area contributed by atoms with Gasteiger partial charge in [0.25, 0.3) is 5.91 Å². The van der Waals surface area contributed by atoms with E-state index in [4.69, 9.17) is 11.5 Å². The van der Waals surface area contributed by atoms with Crippen LogP contribution in [0.15, 0.2) is 12.3 Å². The summed E-state index contributed by atoms with van der Waals surface area (Å²) in [7, 11) is 0. The largest absolute Gasteiger partial charge is 0.368 e. The van der Waals surface area contributed by atoms with Crippen molar-refractivity contribution < 1.29 is 9.59 Å². The van der Waals surface area contributed by atoms with Crippen LogP contribution in [-0.2, 0) is 4.79 Å². The summed E-state index contributed by atoms with van der Waals surface area (Å²) < 4.78 is 4.33. The molecule has 0 aliphatic rings. The van der Waals surface area contributed by atoms with Crippen LogP contribution in [0.5, 0.6) is 0 Å². The molecule has 0 fully saturated rings. The van der Waals surface area contributed by atoms with Crippen molar-refractivity contribution in [1.82, 2.24) is 14.3 Å². The molecule has 2 amide bonds. The molecule has 134 valence electrons. The lowest BCUT2D eigenvalue weighted by molar-refractivity contribution is -0.118. The zero-order chi connectivity index (χ0) is 18.6. The molecular formula is C15H21N7O2S. The van der Waals surface area contributed by atoms with Crippen molar-refractivity contribution in [3.63, 3.8) is 0 Å². The summed E-state index contributed by atoms with van der Waals surface area (Å²) in [5, 5.41) is 6.61. The molecule has 2 heterocycles. The average molecular weight is 363 g/mol. The van der Waals surface area contributed by atoms with Crippen LogP contribution >= 0.6 is 11.5 Å². The second kappa shape index (κ2) is 7.88. The second-order valence-corrected chi connectivity index (χ2v) is 6.52. The van der Waals surface area contributed by atoms with Crippen molar-refractivity contribution >= 4 is 40.0 Å². The monoisotopic (exact) mass is 363 g/mol. The van der Waals surface area contributed by atoms with Gasteiger partial charge in [0, 0.05) is 0 Å². The maximum atomic E-state index is 11.6. The van der Waals surface area contributed by atoms with Gasteiger partial charge in [0.15, 0.2) is 11.5 Å². The number of nitrogens with zero attached hydrogens (tertiary/aromatic N) is 3. The van der Waals surface area contributed by atoms with Crippen LogP contribution in [0.3, 0.4) is 0 Å². The Morgan fingerprint density at radius 1 is 1.32 bits per heavy atom. The normalized spacial score (nSPS) is 12.0. The number of carbonyl (C=O) groups is 2. The van der Waals surface area contributed by atoms with Gasteiger partial charge in [-0.2, -0.15) is 4.37 Å². The summed E-state index contributed by atoms with van der Waals surface area (Å²) in [6.07, 6.45) is 1.83. The average Bonchev–Trinajstić information content (AvgIpc) is 3.01. The number of nitrogens with one attached hydrogen (secondary N) is 2. The van der Waals surface area contributed by atoms with E-state index < -0.39 is 17.9 Å². The van der Waals surface area contributed by atoms with Crippen LogP contribution in [0.1, 0.15) is 49.3 Å². The first kappa shape index (κ1) is 18.6. The molecule has 2 aromatic rings. The zero-order valence-electron chi connectivity index (χ0n) is 14.2. The van der Waals surface area contributed by atoms with Crippen molar-refractivity contribution in [1.29, 1.82) is 0 Å². The molecule has 1 atom stereocenters. The minimum Gasteiger partial charge on any atom is -0.368 e. The highest BCUT2D eigenvalue weighted by Crippen LogP contribution is 2.26. The number of carbonyl (C=O) groups excluding carboxylic acids is 2. The summed E-state index contributed by atoms with van der Waals surface area (Å²) in [5.74, 6) is -0.427. The number of amides is 2. The minimum absolute atomic E-state index is 0.00262. The van der Waals surface area contributed by atoms with Gasteiger partial charge in [-0.15, -0.1) is 0 Å². The smallest absolute Gasteiger partial charge is 0.271 e. The number of nitrogens with two attached hydrogens (primary N) is 2. The molecule has 0 aliphatic heterocycles. The Morgan fingerprint density at radius 2 is 2.04 bits per heavy atom. The van der Waals surface area contributed by atoms with Gasteiger partial charge in [-0.3, -0.25) is 9.59 Å². The number of hydrogen-bond acceptors (Lipinski definition) is 8. The molecule has 0 aliphatic carbocycles. The Bertz CT molecular complexity index is 775. The molecule has 0 unspecified atom stereocenters. The lowest BCUT2D eigenvalue weighted by Gasteiger charge is -2.15. The first-order chi connectivity index (χ1) is 11.8. The van der Waals surface area contributed by atoms with E-state index in [0.717, 1.165) is 5.69 Å². The van der Waals surface area contributed by atoms with Gasteiger partial charge < -0.3 is 22.1 Å². The topological polar surface area (TPSA) is 149 Å². The van der Waals surface area contributed by atoms with E-state index in [1.807, 2.05) is 26.8 Å². The second-order valence-electron chi connectivity index (χ2n) is 5.72. The van der Waals surface area contributed by atoms with E-state index >= 15 is 0 Å². The zero-order valence-corrected chi connectivity index (χ0v) is 15.1. The molecule has 25 heavy (non-hydrogen) atoms. The van der Waals surface area contributed by atoms with Crippen molar-refractivity contribution in [3.8, 4) is 0 Å². The Morgan fingerprint density at radius 3 is 2.56 bits per heavy atom. The Labute approximate surface area is 149 Å². The van der Waals surface area contributed by atoms with Crippen LogP contribution < -0.4 is 22.1 Å². The van der Waals surface area contributed by atoms with E-state index in [0.29, 0.717) is 17.2 Å². The number of primary amides is 2. The predicted octanol–water partition coefficient (Wildman–Crippen LogP) is 1.57. The fourth-order valence-corrected chi connectivity index (χ4v) is 2.80. The highest BCUT2D eigenvalue weighted by molar-refractivity contribution is 7.10. The van der Waals surface area contributed by atoms with Crippen molar-refractivity contribution in [2.75, 3.05) is 10.6 Å². The molecule has 0 spiro atoms. The van der Waals surface area contributed by atoms with E-state index in [-0.39, 0.29) is 17.4 Å². The number of aromatic nitrogens is 3. The highest BCUT2D eigenvalue weighted by Gasteiger charge is 2.18. The van der Waals surface area contributed by atoms with Gasteiger partial charge in [-0.1, -0.05) is 20.8 Å². The summed E-state index contributed by atoms with van der Waals surface area (Å²) in [6.45, 7) is 5.89. The third kappa shape index (κ3) is 4.63. The number of anilines is 3. The van der Waals surface area contributed by atoms with Crippen LogP contribution in [0.2, 0.25) is 0 Å². The maximum absolute atomic E-state index is 11.6. The molecule has 0 saturated carbocycles. The van der Waals surface area contributed by atoms with E-state index in [1.165, 1.54) is 17.7 Å². The molecule has 0 saturated heterocycles. The van der Waals surface area contributed by atoms with Crippen molar-refractivity contribution in [2.45, 2.75) is 39.2 Å². The standard InChI is InChI=1S/C15H21N7O2S/c1-4-8(13(16)23)19-10-6-18-12(14(17)24)15(20-10)21-11-5-9(7(2)3)22-25-11/h5-8H,4H2,1-3H3,(H2,16,23)(H2,17,24)(H2,19,20,21)/t8-/m1/s1. The minimum atomic E-state index is -0.711. The first-order valence-electron chi connectivity index (χ1n) is 7.78. The quantitative estimate of drug-likeness (QED) is 0.556. The molecule has 0 bridgehead atoms. The molecule has 0 aromatic carbocycles. The SMILES string of the molecule is CC[C@@H](Nc1cnc(C(N)=O)c(Nc2cc(C(C)C)ns2)n1)C(N)=O. The van der Waals surface area contributed by atoms with Crippen LogP contribution in [0.25, 0.3) is 0 Å². The Balaban J connectivity index is 2.31. The molecule has 6 N–H and O–H groups in total. The van der Waals surface area contributed by atoms with Crippen LogP contribution in [0.4, 0.5) is 16.6 Å². The predicted molar refractivity (Wildman–Crippen MR) is 96.9 cm³/mol. The Kier molecular flexibility index (Phi) is 5.86. The molecule has 2 rings (SSSR count). The van der Waals surface area contributed by atoms with Gasteiger partial charge in [-0.25, -0.2) is 9.97 Å². The lowest BCUT2D eigenvalue weighted by atomic mass is 10.1. The van der Waals surface area contributed by atoms with Crippen LogP contribution in [-0.4, -0.2) is 32.2 Å². The highest BCUT2D eigenvalue weighted by atomic mass is 32.1. The molecule has 2 aromatic heterocycles. The van der Waals surface area contributed by atoms with E-state index in [9.17, 15) is 9.59 Å².